The molecule has 2 bridgehead atoms. The van der Waals surface area contributed by atoms with E-state index in [1.807, 2.05) is 0 Å². The van der Waals surface area contributed by atoms with Crippen LogP contribution in [0.25, 0.3) is 0 Å². The Hall–Kier alpha value is -1.06. The van der Waals surface area contributed by atoms with Crippen molar-refractivity contribution in [3.8, 4) is 0 Å². The zero-order valence-electron chi connectivity index (χ0n) is 6.62. The van der Waals surface area contributed by atoms with Gasteiger partial charge in [-0.1, -0.05) is 0 Å². The average molecular weight is 169 g/mol. The molecule has 2 rings (SSSR count). The minimum atomic E-state index is -0.773. The fraction of sp³-hybridized carbons (Fsp3) is 0.750. The third kappa shape index (κ3) is 1.07. The maximum Gasteiger partial charge on any atom is 0.308 e. The SMILES string of the molecule is O=C1C[C@@H]2C[C@H](C(=O)O)[C@@H](C2)N1. The molecule has 2 aliphatic rings. The molecule has 12 heavy (non-hydrogen) atoms. The van der Waals surface area contributed by atoms with E-state index in [2.05, 4.69) is 5.32 Å². The van der Waals surface area contributed by atoms with Gasteiger partial charge in [-0.15, -0.1) is 0 Å². The van der Waals surface area contributed by atoms with Gasteiger partial charge < -0.3 is 10.4 Å². The highest BCUT2D eigenvalue weighted by molar-refractivity contribution is 5.80. The summed E-state index contributed by atoms with van der Waals surface area (Å²) in [5.74, 6) is -0.795. The van der Waals surface area contributed by atoms with Gasteiger partial charge in [0.05, 0.1) is 5.92 Å². The van der Waals surface area contributed by atoms with Gasteiger partial charge in [0.2, 0.25) is 5.91 Å². The lowest BCUT2D eigenvalue weighted by molar-refractivity contribution is -0.142. The first kappa shape index (κ1) is 7.58. The summed E-state index contributed by atoms with van der Waals surface area (Å²) >= 11 is 0. The number of carboxylic acid groups (broad SMARTS) is 1. The third-order valence-corrected chi connectivity index (χ3v) is 2.80. The van der Waals surface area contributed by atoms with Crippen molar-refractivity contribution in [1.82, 2.24) is 5.32 Å². The molecule has 0 aromatic carbocycles. The standard InChI is InChI=1S/C8H11NO3/c10-7-3-4-1-5(8(11)12)6(2-4)9-7/h4-6H,1-3H2,(H,9,10)(H,11,12)/t4-,5+,6-/m1/s1. The highest BCUT2D eigenvalue weighted by Crippen LogP contribution is 2.36. The van der Waals surface area contributed by atoms with E-state index in [4.69, 9.17) is 5.11 Å². The van der Waals surface area contributed by atoms with E-state index in [1.165, 1.54) is 0 Å². The van der Waals surface area contributed by atoms with Crippen LogP contribution in [-0.4, -0.2) is 23.0 Å². The van der Waals surface area contributed by atoms with Gasteiger partial charge in [-0.25, -0.2) is 0 Å². The number of carbonyl (C=O) groups excluding carboxylic acids is 1. The largest absolute Gasteiger partial charge is 0.481 e. The van der Waals surface area contributed by atoms with Crippen molar-refractivity contribution in [3.63, 3.8) is 0 Å². The summed E-state index contributed by atoms with van der Waals surface area (Å²) in [6, 6.07) is -0.103. The van der Waals surface area contributed by atoms with E-state index in [-0.39, 0.29) is 17.9 Å². The van der Waals surface area contributed by atoms with Crippen LogP contribution in [0, 0.1) is 11.8 Å². The van der Waals surface area contributed by atoms with Gasteiger partial charge in [0, 0.05) is 12.5 Å². The van der Waals surface area contributed by atoms with E-state index in [0.717, 1.165) is 6.42 Å². The van der Waals surface area contributed by atoms with Gasteiger partial charge in [0.1, 0.15) is 0 Å². The molecule has 1 amide bonds. The summed E-state index contributed by atoms with van der Waals surface area (Å²) < 4.78 is 0. The number of carbonyl (C=O) groups is 2. The Morgan fingerprint density at radius 3 is 2.92 bits per heavy atom. The number of aliphatic carboxylic acids is 1. The smallest absolute Gasteiger partial charge is 0.308 e. The van der Waals surface area contributed by atoms with Crippen LogP contribution in [0.5, 0.6) is 0 Å². The minimum Gasteiger partial charge on any atom is -0.481 e. The number of fused-ring (bicyclic) bond motifs is 2. The van der Waals surface area contributed by atoms with Crippen molar-refractivity contribution >= 4 is 11.9 Å². The van der Waals surface area contributed by atoms with Crippen LogP contribution in [0.3, 0.4) is 0 Å². The number of amides is 1. The number of hydrogen-bond acceptors (Lipinski definition) is 2. The summed E-state index contributed by atoms with van der Waals surface area (Å²) in [6.45, 7) is 0. The molecule has 1 heterocycles. The second-order valence-corrected chi connectivity index (χ2v) is 3.66. The maximum atomic E-state index is 11.0. The molecular weight excluding hydrogens is 158 g/mol. The summed E-state index contributed by atoms with van der Waals surface area (Å²) in [5, 5.41) is 11.5. The molecule has 4 heteroatoms. The Balaban J connectivity index is 2.14. The molecule has 66 valence electrons. The monoisotopic (exact) mass is 169 g/mol. The van der Waals surface area contributed by atoms with E-state index in [0.29, 0.717) is 18.8 Å². The fourth-order valence-electron chi connectivity index (χ4n) is 2.27. The first-order valence-corrected chi connectivity index (χ1v) is 4.19. The van der Waals surface area contributed by atoms with E-state index in [9.17, 15) is 9.59 Å². The second kappa shape index (κ2) is 2.47. The molecule has 3 atom stereocenters. The first-order valence-electron chi connectivity index (χ1n) is 4.19. The predicted octanol–water partition coefficient (Wildman–Crippen LogP) is -0.0143. The van der Waals surface area contributed by atoms with Crippen molar-refractivity contribution in [3.05, 3.63) is 0 Å². The summed E-state index contributed by atoms with van der Waals surface area (Å²) in [6.07, 6.45) is 2.03. The minimum absolute atomic E-state index is 0.0139. The zero-order chi connectivity index (χ0) is 8.72. The van der Waals surface area contributed by atoms with Crippen molar-refractivity contribution in [1.29, 1.82) is 0 Å². The molecule has 1 aliphatic carbocycles. The Morgan fingerprint density at radius 2 is 2.25 bits per heavy atom. The Labute approximate surface area is 69.9 Å². The molecule has 0 radical (unpaired) electrons. The maximum absolute atomic E-state index is 11.0. The lowest BCUT2D eigenvalue weighted by Gasteiger charge is -2.20. The average Bonchev–Trinajstić information content (AvgIpc) is 2.26. The molecule has 1 saturated heterocycles. The number of piperidine rings is 1. The fourth-order valence-corrected chi connectivity index (χ4v) is 2.27. The molecule has 0 aromatic heterocycles. The summed E-state index contributed by atoms with van der Waals surface area (Å²) in [4.78, 5) is 21.7. The number of nitrogens with one attached hydrogen (secondary N) is 1. The molecule has 2 N–H and O–H groups in total. The molecule has 1 saturated carbocycles. The third-order valence-electron chi connectivity index (χ3n) is 2.80. The van der Waals surface area contributed by atoms with Crippen molar-refractivity contribution in [2.75, 3.05) is 0 Å². The van der Waals surface area contributed by atoms with Crippen LogP contribution in [0.2, 0.25) is 0 Å². The molecule has 0 spiro atoms. The number of hydrogen-bond donors (Lipinski definition) is 2. The van der Waals surface area contributed by atoms with E-state index >= 15 is 0 Å². The highest BCUT2D eigenvalue weighted by Gasteiger charge is 2.43. The number of rotatable bonds is 1. The Kier molecular flexibility index (Phi) is 1.56. The quantitative estimate of drug-likeness (QED) is 0.580. The molecular formula is C8H11NO3. The first-order chi connectivity index (χ1) is 5.66. The Bertz CT molecular complexity index is 238. The summed E-state index contributed by atoms with van der Waals surface area (Å²) in [7, 11) is 0. The molecule has 0 aromatic rings. The molecule has 0 unspecified atom stereocenters. The van der Waals surface area contributed by atoms with E-state index < -0.39 is 5.97 Å². The van der Waals surface area contributed by atoms with Gasteiger partial charge in [0.15, 0.2) is 0 Å². The summed E-state index contributed by atoms with van der Waals surface area (Å²) in [5.41, 5.74) is 0. The number of carboxylic acids is 1. The predicted molar refractivity (Wildman–Crippen MR) is 40.4 cm³/mol. The van der Waals surface area contributed by atoms with Gasteiger partial charge in [-0.2, -0.15) is 0 Å². The lowest BCUT2D eigenvalue weighted by atomic mass is 10.0. The van der Waals surface area contributed by atoms with Crippen LogP contribution >= 0.6 is 0 Å². The Morgan fingerprint density at radius 1 is 1.50 bits per heavy atom. The van der Waals surface area contributed by atoms with Crippen molar-refractivity contribution < 1.29 is 14.7 Å². The normalized spacial score (nSPS) is 39.3. The zero-order valence-corrected chi connectivity index (χ0v) is 6.62. The lowest BCUT2D eigenvalue weighted by Crippen LogP contribution is -2.42. The van der Waals surface area contributed by atoms with Gasteiger partial charge in [-0.3, -0.25) is 9.59 Å². The molecule has 1 aliphatic heterocycles. The molecule has 4 nitrogen and oxygen atoms in total. The second-order valence-electron chi connectivity index (χ2n) is 3.66. The van der Waals surface area contributed by atoms with Crippen LogP contribution in [-0.2, 0) is 9.59 Å². The topological polar surface area (TPSA) is 66.4 Å². The van der Waals surface area contributed by atoms with Gasteiger partial charge in [0.25, 0.3) is 0 Å². The van der Waals surface area contributed by atoms with Gasteiger partial charge in [-0.05, 0) is 18.8 Å². The van der Waals surface area contributed by atoms with Crippen LogP contribution in [0.15, 0.2) is 0 Å². The highest BCUT2D eigenvalue weighted by atomic mass is 16.4. The van der Waals surface area contributed by atoms with Gasteiger partial charge >= 0.3 is 5.97 Å². The van der Waals surface area contributed by atoms with Crippen molar-refractivity contribution in [2.45, 2.75) is 25.3 Å². The van der Waals surface area contributed by atoms with Crippen LogP contribution in [0.1, 0.15) is 19.3 Å². The van der Waals surface area contributed by atoms with Crippen LogP contribution < -0.4 is 5.32 Å². The van der Waals surface area contributed by atoms with Crippen LogP contribution in [0.4, 0.5) is 0 Å². The van der Waals surface area contributed by atoms with E-state index in [1.54, 1.807) is 0 Å². The molecule has 2 fully saturated rings. The van der Waals surface area contributed by atoms with Crippen molar-refractivity contribution in [2.24, 2.45) is 11.8 Å².